The summed E-state index contributed by atoms with van der Waals surface area (Å²) < 4.78 is 10.00. The second-order valence-corrected chi connectivity index (χ2v) is 5.37. The number of amides is 2. The Morgan fingerprint density at radius 3 is 2.45 bits per heavy atom. The van der Waals surface area contributed by atoms with Crippen LogP contribution < -0.4 is 5.32 Å². The molecule has 2 amide bonds. The highest BCUT2D eigenvalue weighted by Gasteiger charge is 2.24. The van der Waals surface area contributed by atoms with Crippen LogP contribution >= 0.6 is 0 Å². The molecule has 1 N–H and O–H groups in total. The average molecular weight is 286 g/mol. The summed E-state index contributed by atoms with van der Waals surface area (Å²) in [6.45, 7) is 6.23. The highest BCUT2D eigenvalue weighted by Crippen LogP contribution is 2.13. The smallest absolute Gasteiger partial charge is 0.246 e. The fraction of sp³-hybridized carbons (Fsp3) is 0.857. The fourth-order valence-corrected chi connectivity index (χ4v) is 2.19. The fourth-order valence-electron chi connectivity index (χ4n) is 2.19. The van der Waals surface area contributed by atoms with Crippen molar-refractivity contribution in [3.05, 3.63) is 0 Å². The van der Waals surface area contributed by atoms with E-state index < -0.39 is 0 Å². The SMILES string of the molecule is COCCOCC(=O)NC1CCN(C(=O)C(C)C)CC1. The van der Waals surface area contributed by atoms with Gasteiger partial charge >= 0.3 is 0 Å². The standard InChI is InChI=1S/C14H26N2O4/c1-11(2)14(18)16-6-4-12(5-7-16)15-13(17)10-20-9-8-19-3/h11-12H,4-10H2,1-3H3,(H,15,17). The van der Waals surface area contributed by atoms with Gasteiger partial charge in [0.1, 0.15) is 6.61 Å². The van der Waals surface area contributed by atoms with E-state index in [0.717, 1.165) is 12.8 Å². The van der Waals surface area contributed by atoms with E-state index in [4.69, 9.17) is 9.47 Å². The first-order chi connectivity index (χ1) is 9.54. The van der Waals surface area contributed by atoms with Gasteiger partial charge in [-0.15, -0.1) is 0 Å². The molecule has 1 aliphatic heterocycles. The van der Waals surface area contributed by atoms with Crippen molar-refractivity contribution in [2.45, 2.75) is 32.7 Å². The molecule has 1 saturated heterocycles. The molecule has 0 atom stereocenters. The third-order valence-corrected chi connectivity index (χ3v) is 3.33. The van der Waals surface area contributed by atoms with Gasteiger partial charge in [0.05, 0.1) is 13.2 Å². The number of likely N-dealkylation sites (tertiary alicyclic amines) is 1. The maximum Gasteiger partial charge on any atom is 0.246 e. The Morgan fingerprint density at radius 2 is 1.90 bits per heavy atom. The van der Waals surface area contributed by atoms with Crippen molar-refractivity contribution in [2.75, 3.05) is 40.0 Å². The normalized spacial score (nSPS) is 16.5. The maximum atomic E-state index is 11.8. The molecule has 6 heteroatoms. The summed E-state index contributed by atoms with van der Waals surface area (Å²) >= 11 is 0. The highest BCUT2D eigenvalue weighted by atomic mass is 16.5. The first kappa shape index (κ1) is 16.9. The largest absolute Gasteiger partial charge is 0.382 e. The van der Waals surface area contributed by atoms with E-state index in [9.17, 15) is 9.59 Å². The first-order valence-corrected chi connectivity index (χ1v) is 7.19. The van der Waals surface area contributed by atoms with Crippen molar-refractivity contribution < 1.29 is 19.1 Å². The minimum absolute atomic E-state index is 0.0373. The molecule has 1 aliphatic rings. The van der Waals surface area contributed by atoms with Gasteiger partial charge in [-0.2, -0.15) is 0 Å². The number of nitrogens with zero attached hydrogens (tertiary/aromatic N) is 1. The van der Waals surface area contributed by atoms with Crippen LogP contribution in [0.3, 0.4) is 0 Å². The first-order valence-electron chi connectivity index (χ1n) is 7.19. The molecule has 0 aromatic heterocycles. The molecule has 1 fully saturated rings. The van der Waals surface area contributed by atoms with Gasteiger partial charge in [0.25, 0.3) is 0 Å². The number of hydrogen-bond acceptors (Lipinski definition) is 4. The molecule has 1 rings (SSSR count). The van der Waals surface area contributed by atoms with Gasteiger partial charge in [0.15, 0.2) is 0 Å². The van der Waals surface area contributed by atoms with E-state index in [1.54, 1.807) is 7.11 Å². The van der Waals surface area contributed by atoms with Crippen molar-refractivity contribution in [2.24, 2.45) is 5.92 Å². The molecule has 6 nitrogen and oxygen atoms in total. The molecule has 0 bridgehead atoms. The third kappa shape index (κ3) is 5.88. The average Bonchev–Trinajstić information content (AvgIpc) is 2.43. The Bertz CT molecular complexity index is 312. The topological polar surface area (TPSA) is 67.9 Å². The summed E-state index contributed by atoms with van der Waals surface area (Å²) in [5.41, 5.74) is 0. The Hall–Kier alpha value is -1.14. The van der Waals surface area contributed by atoms with Crippen LogP contribution in [0.1, 0.15) is 26.7 Å². The molecule has 0 saturated carbocycles. The van der Waals surface area contributed by atoms with Crippen LogP contribution in [0.5, 0.6) is 0 Å². The third-order valence-electron chi connectivity index (χ3n) is 3.33. The zero-order chi connectivity index (χ0) is 15.0. The minimum Gasteiger partial charge on any atom is -0.382 e. The summed E-state index contributed by atoms with van der Waals surface area (Å²) in [7, 11) is 1.59. The highest BCUT2D eigenvalue weighted by molar-refractivity contribution is 5.79. The van der Waals surface area contributed by atoms with Crippen molar-refractivity contribution in [1.29, 1.82) is 0 Å². The molecule has 0 unspecified atom stereocenters. The quantitative estimate of drug-likeness (QED) is 0.688. The van der Waals surface area contributed by atoms with Crippen LogP contribution in [0, 0.1) is 5.92 Å². The number of piperidine rings is 1. The summed E-state index contributed by atoms with van der Waals surface area (Å²) in [6, 6.07) is 0.143. The van der Waals surface area contributed by atoms with Gasteiger partial charge in [0, 0.05) is 32.2 Å². The van der Waals surface area contributed by atoms with E-state index in [-0.39, 0.29) is 30.4 Å². The number of hydrogen-bond donors (Lipinski definition) is 1. The Kier molecular flexibility index (Phi) is 7.54. The van der Waals surface area contributed by atoms with Crippen LogP contribution in [0.2, 0.25) is 0 Å². The second kappa shape index (κ2) is 8.92. The monoisotopic (exact) mass is 286 g/mol. The summed E-state index contributed by atoms with van der Waals surface area (Å²) in [4.78, 5) is 25.4. The molecule has 20 heavy (non-hydrogen) atoms. The van der Waals surface area contributed by atoms with Gasteiger partial charge in [-0.05, 0) is 12.8 Å². The molecular formula is C14H26N2O4. The summed E-state index contributed by atoms with van der Waals surface area (Å²) in [6.07, 6.45) is 1.62. The van der Waals surface area contributed by atoms with Crippen molar-refractivity contribution in [3.63, 3.8) is 0 Å². The lowest BCUT2D eigenvalue weighted by Gasteiger charge is -2.33. The molecule has 0 radical (unpaired) electrons. The number of nitrogens with one attached hydrogen (secondary N) is 1. The minimum atomic E-state index is -0.102. The second-order valence-electron chi connectivity index (χ2n) is 5.37. The Balaban J connectivity index is 2.18. The van der Waals surface area contributed by atoms with Gasteiger partial charge < -0.3 is 19.7 Å². The van der Waals surface area contributed by atoms with E-state index in [0.29, 0.717) is 26.3 Å². The van der Waals surface area contributed by atoms with Crippen LogP contribution in [0.15, 0.2) is 0 Å². The predicted molar refractivity (Wildman–Crippen MR) is 75.3 cm³/mol. The lowest BCUT2D eigenvalue weighted by atomic mass is 10.0. The number of methoxy groups -OCH3 is 1. The number of rotatable bonds is 7. The van der Waals surface area contributed by atoms with Crippen molar-refractivity contribution in [3.8, 4) is 0 Å². The van der Waals surface area contributed by atoms with Crippen LogP contribution in [-0.4, -0.2) is 62.8 Å². The molecule has 116 valence electrons. The molecule has 0 aromatic rings. The van der Waals surface area contributed by atoms with Crippen molar-refractivity contribution >= 4 is 11.8 Å². The van der Waals surface area contributed by atoms with Crippen LogP contribution in [-0.2, 0) is 19.1 Å². The van der Waals surface area contributed by atoms with Crippen molar-refractivity contribution in [1.82, 2.24) is 10.2 Å². The van der Waals surface area contributed by atoms with E-state index in [2.05, 4.69) is 5.32 Å². The van der Waals surface area contributed by atoms with Gasteiger partial charge in [-0.25, -0.2) is 0 Å². The number of carbonyl (C=O) groups excluding carboxylic acids is 2. The van der Waals surface area contributed by atoms with E-state index in [1.165, 1.54) is 0 Å². The number of carbonyl (C=O) groups is 2. The Morgan fingerprint density at radius 1 is 1.25 bits per heavy atom. The number of ether oxygens (including phenoxy) is 2. The van der Waals surface area contributed by atoms with Gasteiger partial charge in [-0.1, -0.05) is 13.8 Å². The lowest BCUT2D eigenvalue weighted by molar-refractivity contribution is -0.135. The van der Waals surface area contributed by atoms with Crippen LogP contribution in [0.4, 0.5) is 0 Å². The molecule has 0 spiro atoms. The zero-order valence-electron chi connectivity index (χ0n) is 12.7. The maximum absolute atomic E-state index is 11.8. The summed E-state index contributed by atoms with van der Waals surface area (Å²) in [5, 5.41) is 2.94. The van der Waals surface area contributed by atoms with Gasteiger partial charge in [0.2, 0.25) is 11.8 Å². The van der Waals surface area contributed by atoms with E-state index in [1.807, 2.05) is 18.7 Å². The molecule has 0 aromatic carbocycles. The van der Waals surface area contributed by atoms with Gasteiger partial charge in [-0.3, -0.25) is 9.59 Å². The zero-order valence-corrected chi connectivity index (χ0v) is 12.7. The predicted octanol–water partition coefficient (Wildman–Crippen LogP) is 0.413. The lowest BCUT2D eigenvalue weighted by Crippen LogP contribution is -2.48. The molecule has 0 aliphatic carbocycles. The molecule has 1 heterocycles. The van der Waals surface area contributed by atoms with E-state index >= 15 is 0 Å². The molecular weight excluding hydrogens is 260 g/mol. The van der Waals surface area contributed by atoms with Crippen LogP contribution in [0.25, 0.3) is 0 Å². The summed E-state index contributed by atoms with van der Waals surface area (Å²) in [5.74, 6) is 0.128. The Labute approximate surface area is 120 Å².